The van der Waals surface area contributed by atoms with Gasteiger partial charge < -0.3 is 20.9 Å². The van der Waals surface area contributed by atoms with E-state index < -0.39 is 0 Å². The van der Waals surface area contributed by atoms with E-state index in [2.05, 4.69) is 39.7 Å². The van der Waals surface area contributed by atoms with Gasteiger partial charge in [-0.1, -0.05) is 26.0 Å². The summed E-state index contributed by atoms with van der Waals surface area (Å²) in [5.41, 5.74) is 1.83. The number of rotatable bonds is 12. The van der Waals surface area contributed by atoms with Crippen molar-refractivity contribution in [2.45, 2.75) is 39.5 Å². The van der Waals surface area contributed by atoms with Gasteiger partial charge in [0.25, 0.3) is 5.91 Å². The quantitative estimate of drug-likeness (QED) is 0.178. The molecule has 0 aromatic heterocycles. The fourth-order valence-corrected chi connectivity index (χ4v) is 3.04. The van der Waals surface area contributed by atoms with E-state index in [1.807, 2.05) is 24.3 Å². The van der Waals surface area contributed by atoms with Crippen LogP contribution in [0.2, 0.25) is 0 Å². The first-order valence-electron chi connectivity index (χ1n) is 10.1. The normalized spacial score (nSPS) is 11.1. The summed E-state index contributed by atoms with van der Waals surface area (Å²) >= 11 is 0. The van der Waals surface area contributed by atoms with E-state index in [4.69, 9.17) is 0 Å². The second kappa shape index (κ2) is 16.6. The molecule has 7 heteroatoms. The van der Waals surface area contributed by atoms with Gasteiger partial charge in [0, 0.05) is 32.7 Å². The van der Waals surface area contributed by atoms with Crippen LogP contribution < -0.4 is 16.0 Å². The maximum atomic E-state index is 11.7. The predicted molar refractivity (Wildman–Crippen MR) is 130 cm³/mol. The van der Waals surface area contributed by atoms with Crippen LogP contribution in [0.1, 0.15) is 49.0 Å². The van der Waals surface area contributed by atoms with E-state index in [-0.39, 0.29) is 29.9 Å². The summed E-state index contributed by atoms with van der Waals surface area (Å²) in [6.07, 6.45) is 4.36. The van der Waals surface area contributed by atoms with Crippen molar-refractivity contribution >= 4 is 35.8 Å². The van der Waals surface area contributed by atoms with Crippen molar-refractivity contribution in [1.29, 1.82) is 0 Å². The Hall–Kier alpha value is -1.35. The Labute approximate surface area is 188 Å². The van der Waals surface area contributed by atoms with Crippen molar-refractivity contribution in [2.24, 2.45) is 4.99 Å². The molecule has 1 aromatic rings. The van der Waals surface area contributed by atoms with E-state index >= 15 is 0 Å². The number of hydrogen-bond acceptors (Lipinski definition) is 3. The first-order valence-corrected chi connectivity index (χ1v) is 10.1. The van der Waals surface area contributed by atoms with Crippen LogP contribution in [0.3, 0.4) is 0 Å². The molecular weight excluding hydrogens is 465 g/mol. The molecular formula is C21H38IN5O. The molecule has 0 bridgehead atoms. The van der Waals surface area contributed by atoms with E-state index in [1.165, 1.54) is 25.9 Å². The minimum Gasteiger partial charge on any atom is -0.356 e. The second-order valence-electron chi connectivity index (χ2n) is 6.65. The topological polar surface area (TPSA) is 68.8 Å². The van der Waals surface area contributed by atoms with Crippen molar-refractivity contribution in [2.75, 3.05) is 46.8 Å². The van der Waals surface area contributed by atoms with Crippen LogP contribution in [-0.2, 0) is 6.42 Å². The summed E-state index contributed by atoms with van der Waals surface area (Å²) in [7, 11) is 3.44. The highest BCUT2D eigenvalue weighted by atomic mass is 127. The molecule has 0 saturated carbocycles. The molecule has 0 spiro atoms. The van der Waals surface area contributed by atoms with Gasteiger partial charge in [0.2, 0.25) is 0 Å². The molecule has 1 rings (SSSR count). The van der Waals surface area contributed by atoms with E-state index in [1.54, 1.807) is 14.1 Å². The summed E-state index contributed by atoms with van der Waals surface area (Å²) in [4.78, 5) is 18.5. The maximum Gasteiger partial charge on any atom is 0.251 e. The Morgan fingerprint density at radius 1 is 1.07 bits per heavy atom. The zero-order chi connectivity index (χ0) is 19.9. The van der Waals surface area contributed by atoms with Gasteiger partial charge in [-0.25, -0.2) is 0 Å². The lowest BCUT2D eigenvalue weighted by molar-refractivity contribution is 0.0963. The van der Waals surface area contributed by atoms with Crippen molar-refractivity contribution in [3.63, 3.8) is 0 Å². The van der Waals surface area contributed by atoms with E-state index in [0.29, 0.717) is 5.56 Å². The second-order valence-corrected chi connectivity index (χ2v) is 6.65. The third kappa shape index (κ3) is 10.8. The van der Waals surface area contributed by atoms with Gasteiger partial charge in [-0.15, -0.1) is 24.0 Å². The fourth-order valence-electron chi connectivity index (χ4n) is 3.04. The zero-order valence-corrected chi connectivity index (χ0v) is 20.2. The molecule has 0 radical (unpaired) electrons. The van der Waals surface area contributed by atoms with E-state index in [9.17, 15) is 4.79 Å². The highest BCUT2D eigenvalue weighted by Gasteiger charge is 2.05. The molecule has 0 aliphatic rings. The minimum absolute atomic E-state index is 0. The van der Waals surface area contributed by atoms with Crippen LogP contribution in [-0.4, -0.2) is 63.6 Å². The summed E-state index contributed by atoms with van der Waals surface area (Å²) < 4.78 is 0. The number of amides is 1. The van der Waals surface area contributed by atoms with Crippen LogP contribution in [0.25, 0.3) is 0 Å². The van der Waals surface area contributed by atoms with Gasteiger partial charge >= 0.3 is 0 Å². The van der Waals surface area contributed by atoms with Gasteiger partial charge in [-0.2, -0.15) is 0 Å². The summed E-state index contributed by atoms with van der Waals surface area (Å²) in [5, 5.41) is 9.38. The number of hydrogen-bond donors (Lipinski definition) is 3. The average Bonchev–Trinajstić information content (AvgIpc) is 2.69. The van der Waals surface area contributed by atoms with Crippen LogP contribution in [0.15, 0.2) is 29.3 Å². The molecule has 1 aromatic carbocycles. The monoisotopic (exact) mass is 503 g/mol. The van der Waals surface area contributed by atoms with Gasteiger partial charge in [0.15, 0.2) is 5.96 Å². The van der Waals surface area contributed by atoms with Crippen molar-refractivity contribution < 1.29 is 4.79 Å². The lowest BCUT2D eigenvalue weighted by Crippen LogP contribution is -2.39. The largest absolute Gasteiger partial charge is 0.356 e. The number of halogens is 1. The number of nitrogens with zero attached hydrogens (tertiary/aromatic N) is 2. The molecule has 3 N–H and O–H groups in total. The summed E-state index contributed by atoms with van der Waals surface area (Å²) in [6.45, 7) is 9.63. The van der Waals surface area contributed by atoms with Crippen LogP contribution in [0.5, 0.6) is 0 Å². The van der Waals surface area contributed by atoms with Gasteiger partial charge in [-0.05, 0) is 63.0 Å². The summed E-state index contributed by atoms with van der Waals surface area (Å²) in [6, 6.07) is 7.73. The molecule has 0 atom stereocenters. The number of nitrogens with one attached hydrogen (secondary N) is 3. The standard InChI is InChI=1S/C21H37N5O.HI/c1-5-14-26(15-6-2)16-8-12-24-21(23-4)25-13-11-18-9-7-10-19(17-18)20(27)22-3;/h7,9-10,17H,5-6,8,11-16H2,1-4H3,(H,22,27)(H2,23,24,25);1H. The lowest BCUT2D eigenvalue weighted by Gasteiger charge is -2.21. The smallest absolute Gasteiger partial charge is 0.251 e. The van der Waals surface area contributed by atoms with Gasteiger partial charge in [0.05, 0.1) is 0 Å². The third-order valence-corrected chi connectivity index (χ3v) is 4.37. The van der Waals surface area contributed by atoms with Crippen LogP contribution in [0, 0.1) is 0 Å². The van der Waals surface area contributed by atoms with Crippen LogP contribution >= 0.6 is 24.0 Å². The first kappa shape index (κ1) is 26.6. The maximum absolute atomic E-state index is 11.7. The molecule has 0 saturated heterocycles. The van der Waals surface area contributed by atoms with Crippen molar-refractivity contribution in [3.05, 3.63) is 35.4 Å². The van der Waals surface area contributed by atoms with Crippen LogP contribution in [0.4, 0.5) is 0 Å². The number of carbonyl (C=O) groups excluding carboxylic acids is 1. The molecule has 28 heavy (non-hydrogen) atoms. The predicted octanol–water partition coefficient (Wildman–Crippen LogP) is 2.88. The minimum atomic E-state index is -0.0533. The average molecular weight is 503 g/mol. The molecule has 6 nitrogen and oxygen atoms in total. The van der Waals surface area contributed by atoms with Gasteiger partial charge in [-0.3, -0.25) is 9.79 Å². The molecule has 0 fully saturated rings. The highest BCUT2D eigenvalue weighted by molar-refractivity contribution is 14.0. The first-order chi connectivity index (χ1) is 13.1. The lowest BCUT2D eigenvalue weighted by atomic mass is 10.1. The Morgan fingerprint density at radius 3 is 2.36 bits per heavy atom. The molecule has 160 valence electrons. The highest BCUT2D eigenvalue weighted by Crippen LogP contribution is 2.05. The third-order valence-electron chi connectivity index (χ3n) is 4.37. The number of guanidine groups is 1. The van der Waals surface area contributed by atoms with Crippen molar-refractivity contribution in [3.8, 4) is 0 Å². The van der Waals surface area contributed by atoms with E-state index in [0.717, 1.165) is 44.0 Å². The molecule has 0 unspecified atom stereocenters. The molecule has 1 amide bonds. The summed E-state index contributed by atoms with van der Waals surface area (Å²) in [5.74, 6) is 0.775. The SMILES string of the molecule is CCCN(CCC)CCCNC(=NC)NCCc1cccc(C(=O)NC)c1.I. The number of benzene rings is 1. The molecule has 0 aliphatic carbocycles. The Bertz CT molecular complexity index is 574. The zero-order valence-electron chi connectivity index (χ0n) is 17.9. The Balaban J connectivity index is 0.00000729. The Kier molecular flexibility index (Phi) is 15.8. The number of carbonyl (C=O) groups is 1. The van der Waals surface area contributed by atoms with Crippen molar-refractivity contribution in [1.82, 2.24) is 20.9 Å². The fraction of sp³-hybridized carbons (Fsp3) is 0.619. The Morgan fingerprint density at radius 2 is 1.75 bits per heavy atom. The molecule has 0 heterocycles. The van der Waals surface area contributed by atoms with Gasteiger partial charge in [0.1, 0.15) is 0 Å². The number of aliphatic imine (C=N–C) groups is 1. The molecule has 0 aliphatic heterocycles.